The number of anilines is 1. The van der Waals surface area contributed by atoms with Crippen molar-refractivity contribution in [1.29, 1.82) is 0 Å². The van der Waals surface area contributed by atoms with E-state index >= 15 is 0 Å². The number of hydrogen-bond donors (Lipinski definition) is 3. The predicted octanol–water partition coefficient (Wildman–Crippen LogP) is 2.89. The molecule has 2 aliphatic rings. The Balaban J connectivity index is 1.63. The summed E-state index contributed by atoms with van der Waals surface area (Å²) in [5, 5.41) is 19.0. The van der Waals surface area contributed by atoms with E-state index in [0.29, 0.717) is 5.01 Å². The maximum atomic E-state index is 12.8. The molecule has 7 nitrogen and oxygen atoms in total. The van der Waals surface area contributed by atoms with Crippen LogP contribution in [0, 0.1) is 0 Å². The van der Waals surface area contributed by atoms with Gasteiger partial charge < -0.3 is 10.4 Å². The van der Waals surface area contributed by atoms with E-state index < -0.39 is 21.5 Å². The van der Waals surface area contributed by atoms with Crippen LogP contribution in [0.4, 0.5) is 10.5 Å². The summed E-state index contributed by atoms with van der Waals surface area (Å²) in [4.78, 5) is 16.5. The second kappa shape index (κ2) is 6.37. The van der Waals surface area contributed by atoms with E-state index in [1.807, 2.05) is 0 Å². The maximum absolute atomic E-state index is 12.8. The highest BCUT2D eigenvalue weighted by Crippen LogP contribution is 2.39. The van der Waals surface area contributed by atoms with E-state index in [4.69, 9.17) is 5.14 Å². The van der Waals surface area contributed by atoms with Gasteiger partial charge in [-0.25, -0.2) is 19.1 Å². The van der Waals surface area contributed by atoms with Crippen LogP contribution in [0.1, 0.15) is 47.5 Å². The van der Waals surface area contributed by atoms with Crippen LogP contribution < -0.4 is 10.5 Å². The standard InChI is InChI=1S/C18H22N4O3S2/c1-18(2,24)16-20-9-14(26-16)27(19,25)22-17(23)21-15-12-5-3-4-10(12)8-11-6-7-13(11)15/h8-9,24H,3-7H2,1-2H3,(H3,19,21,22,23,25). The lowest BCUT2D eigenvalue weighted by Gasteiger charge is -2.25. The molecular formula is C18H22N4O3S2. The number of aryl methyl sites for hydroxylation is 2. The molecule has 0 saturated carbocycles. The van der Waals surface area contributed by atoms with E-state index in [1.165, 1.54) is 22.9 Å². The number of hydrogen-bond acceptors (Lipinski definition) is 5. The maximum Gasteiger partial charge on any atom is 0.354 e. The Bertz CT molecular complexity index is 1060. The van der Waals surface area contributed by atoms with Gasteiger partial charge in [0.25, 0.3) is 0 Å². The number of amides is 2. The van der Waals surface area contributed by atoms with Crippen LogP contribution in [-0.4, -0.2) is 20.3 Å². The Morgan fingerprint density at radius 1 is 1.30 bits per heavy atom. The molecule has 0 fully saturated rings. The first-order valence-electron chi connectivity index (χ1n) is 8.86. The molecule has 0 bridgehead atoms. The van der Waals surface area contributed by atoms with Crippen LogP contribution in [0.3, 0.4) is 0 Å². The summed E-state index contributed by atoms with van der Waals surface area (Å²) in [6, 6.07) is 1.53. The molecule has 2 aromatic rings. The number of thiazole rings is 1. The lowest BCUT2D eigenvalue weighted by atomic mass is 9.83. The monoisotopic (exact) mass is 406 g/mol. The smallest absolute Gasteiger partial charge is 0.354 e. The van der Waals surface area contributed by atoms with Gasteiger partial charge in [0.1, 0.15) is 14.8 Å². The number of nitrogens with zero attached hydrogens (tertiary/aromatic N) is 2. The first-order chi connectivity index (χ1) is 12.6. The number of benzene rings is 1. The summed E-state index contributed by atoms with van der Waals surface area (Å²) in [5.41, 5.74) is 4.54. The zero-order chi connectivity index (χ0) is 19.4. The van der Waals surface area contributed by atoms with Gasteiger partial charge >= 0.3 is 6.03 Å². The van der Waals surface area contributed by atoms with Crippen molar-refractivity contribution in [3.05, 3.63) is 39.5 Å². The molecule has 4 N–H and O–H groups in total. The van der Waals surface area contributed by atoms with Crippen molar-refractivity contribution in [2.75, 3.05) is 5.32 Å². The van der Waals surface area contributed by atoms with Crippen molar-refractivity contribution in [1.82, 2.24) is 4.98 Å². The Morgan fingerprint density at radius 2 is 2.00 bits per heavy atom. The highest BCUT2D eigenvalue weighted by Gasteiger charge is 2.27. The zero-order valence-corrected chi connectivity index (χ0v) is 16.9. The van der Waals surface area contributed by atoms with Crippen molar-refractivity contribution >= 4 is 33.0 Å². The molecule has 4 rings (SSSR count). The topological polar surface area (TPSA) is 118 Å². The lowest BCUT2D eigenvalue weighted by Crippen LogP contribution is -2.20. The minimum absolute atomic E-state index is 0.168. The van der Waals surface area contributed by atoms with E-state index in [9.17, 15) is 14.1 Å². The van der Waals surface area contributed by atoms with Gasteiger partial charge in [0.05, 0.1) is 6.20 Å². The van der Waals surface area contributed by atoms with Gasteiger partial charge in [-0.15, -0.1) is 15.7 Å². The third-order valence-corrected chi connectivity index (χ3v) is 8.18. The highest BCUT2D eigenvalue weighted by molar-refractivity contribution is 7.93. The van der Waals surface area contributed by atoms with Gasteiger partial charge in [-0.1, -0.05) is 6.07 Å². The van der Waals surface area contributed by atoms with Gasteiger partial charge in [-0.05, 0) is 68.2 Å². The summed E-state index contributed by atoms with van der Waals surface area (Å²) in [5.74, 6) is 0. The van der Waals surface area contributed by atoms with Crippen molar-refractivity contribution in [3.63, 3.8) is 0 Å². The average Bonchev–Trinajstić information content (AvgIpc) is 3.18. The Morgan fingerprint density at radius 3 is 2.63 bits per heavy atom. The van der Waals surface area contributed by atoms with E-state index in [1.54, 1.807) is 13.8 Å². The molecule has 1 aromatic carbocycles. The average molecular weight is 407 g/mol. The van der Waals surface area contributed by atoms with Crippen molar-refractivity contribution in [2.45, 2.75) is 55.8 Å². The van der Waals surface area contributed by atoms with Gasteiger partial charge in [0, 0.05) is 5.69 Å². The molecule has 144 valence electrons. The fraction of sp³-hybridized carbons (Fsp3) is 0.444. The van der Waals surface area contributed by atoms with Crippen molar-refractivity contribution in [3.8, 4) is 0 Å². The number of urea groups is 1. The molecule has 0 spiro atoms. The van der Waals surface area contributed by atoms with Gasteiger partial charge in [-0.3, -0.25) is 0 Å². The van der Waals surface area contributed by atoms with Gasteiger partial charge in [0.15, 0.2) is 9.92 Å². The van der Waals surface area contributed by atoms with Crippen molar-refractivity contribution < 1.29 is 14.1 Å². The third-order valence-electron chi connectivity index (χ3n) is 4.99. The molecule has 1 heterocycles. The molecular weight excluding hydrogens is 384 g/mol. The minimum atomic E-state index is -3.43. The van der Waals surface area contributed by atoms with Crippen LogP contribution in [-0.2, 0) is 41.2 Å². The number of fused-ring (bicyclic) bond motifs is 2. The molecule has 2 aliphatic carbocycles. The zero-order valence-electron chi connectivity index (χ0n) is 15.2. The van der Waals surface area contributed by atoms with Crippen LogP contribution >= 0.6 is 11.3 Å². The summed E-state index contributed by atoms with van der Waals surface area (Å²) in [7, 11) is -3.43. The number of nitrogens with one attached hydrogen (secondary N) is 1. The quantitative estimate of drug-likeness (QED) is 0.726. The molecule has 0 aliphatic heterocycles. The van der Waals surface area contributed by atoms with E-state index in [-0.39, 0.29) is 4.21 Å². The van der Waals surface area contributed by atoms with Crippen LogP contribution in [0.5, 0.6) is 0 Å². The summed E-state index contributed by atoms with van der Waals surface area (Å²) in [6.07, 6.45) is 6.30. The molecule has 1 aromatic heterocycles. The number of carbonyl (C=O) groups excluding carboxylic acids is 1. The minimum Gasteiger partial charge on any atom is -0.383 e. The highest BCUT2D eigenvalue weighted by atomic mass is 32.2. The number of carbonyl (C=O) groups is 1. The first-order valence-corrected chi connectivity index (χ1v) is 11.3. The Kier molecular flexibility index (Phi) is 4.38. The molecule has 0 radical (unpaired) electrons. The van der Waals surface area contributed by atoms with Gasteiger partial charge in [0.2, 0.25) is 0 Å². The SMILES string of the molecule is CC(C)(O)c1ncc(S(N)(=O)=NC(=O)Nc2c3c(cc4c2CC4)CCC3)s1. The third kappa shape index (κ3) is 3.40. The second-order valence-electron chi connectivity index (χ2n) is 7.51. The lowest BCUT2D eigenvalue weighted by molar-refractivity contribution is 0.0783. The van der Waals surface area contributed by atoms with E-state index in [0.717, 1.165) is 54.7 Å². The fourth-order valence-corrected chi connectivity index (χ4v) is 5.63. The largest absolute Gasteiger partial charge is 0.383 e. The molecule has 1 unspecified atom stereocenters. The van der Waals surface area contributed by atoms with Crippen LogP contribution in [0.15, 0.2) is 20.8 Å². The van der Waals surface area contributed by atoms with Crippen LogP contribution in [0.25, 0.3) is 0 Å². The molecule has 27 heavy (non-hydrogen) atoms. The summed E-state index contributed by atoms with van der Waals surface area (Å²) >= 11 is 0.997. The van der Waals surface area contributed by atoms with Crippen LogP contribution in [0.2, 0.25) is 0 Å². The predicted molar refractivity (Wildman–Crippen MR) is 105 cm³/mol. The Hall–Kier alpha value is -1.81. The van der Waals surface area contributed by atoms with Crippen molar-refractivity contribution in [2.24, 2.45) is 9.50 Å². The van der Waals surface area contributed by atoms with Gasteiger partial charge in [-0.2, -0.15) is 0 Å². The molecule has 2 amide bonds. The summed E-state index contributed by atoms with van der Waals surface area (Å²) < 4.78 is 16.7. The summed E-state index contributed by atoms with van der Waals surface area (Å²) in [6.45, 7) is 3.15. The number of aromatic nitrogens is 1. The Labute approximate surface area is 162 Å². The van der Waals surface area contributed by atoms with E-state index in [2.05, 4.69) is 20.7 Å². The fourth-order valence-electron chi connectivity index (χ4n) is 3.57. The number of aliphatic hydroxyl groups is 1. The number of nitrogens with two attached hydrogens (primary N) is 1. The molecule has 0 saturated heterocycles. The first kappa shape index (κ1) is 18.5. The molecule has 1 atom stereocenters. The molecule has 9 heteroatoms. The normalized spacial score (nSPS) is 17.5. The second-order valence-corrected chi connectivity index (χ2v) is 10.6. The number of rotatable bonds is 3.